The molecular weight excluding hydrogens is 431 g/mol. The van der Waals surface area contributed by atoms with Crippen LogP contribution in [0.1, 0.15) is 11.7 Å². The summed E-state index contributed by atoms with van der Waals surface area (Å²) in [6.07, 6.45) is -0.797. The molecule has 0 aliphatic heterocycles. The van der Waals surface area contributed by atoms with Gasteiger partial charge < -0.3 is 10.6 Å². The Morgan fingerprint density at radius 1 is 1.06 bits per heavy atom. The maximum Gasteiger partial charge on any atom is 0.414 e. The molecule has 0 spiro atoms. The van der Waals surface area contributed by atoms with Gasteiger partial charge in [0, 0.05) is 17.3 Å². The number of thioether (sulfide) groups is 1. The topological polar surface area (TPSA) is 88.9 Å². The summed E-state index contributed by atoms with van der Waals surface area (Å²) in [5, 5.41) is 8.47. The van der Waals surface area contributed by atoms with Crippen molar-refractivity contribution in [2.45, 2.75) is 23.7 Å². The van der Waals surface area contributed by atoms with Gasteiger partial charge >= 0.3 is 6.18 Å². The van der Waals surface area contributed by atoms with E-state index in [-0.39, 0.29) is 17.4 Å². The largest absolute Gasteiger partial charge is 0.414 e. The second kappa shape index (κ2) is 10.1. The molecule has 0 radical (unpaired) electrons. The highest BCUT2D eigenvalue weighted by Crippen LogP contribution is 2.31. The van der Waals surface area contributed by atoms with Crippen molar-refractivity contribution in [1.29, 1.82) is 0 Å². The Labute approximate surface area is 180 Å². The smallest absolute Gasteiger partial charge is 0.338 e. The molecule has 0 fully saturated rings. The van der Waals surface area contributed by atoms with Gasteiger partial charge in [0.2, 0.25) is 11.8 Å². The second-order valence-corrected chi connectivity index (χ2v) is 7.42. The average molecular weight is 449 g/mol. The Hall–Kier alpha value is -3.34. The van der Waals surface area contributed by atoms with E-state index in [1.54, 1.807) is 0 Å². The van der Waals surface area contributed by atoms with Crippen LogP contribution in [0.25, 0.3) is 0 Å². The fourth-order valence-electron chi connectivity index (χ4n) is 2.60. The van der Waals surface area contributed by atoms with Crippen LogP contribution in [0.4, 0.5) is 18.9 Å². The molecule has 162 valence electrons. The first-order valence-electron chi connectivity index (χ1n) is 9.08. The number of nitrogens with one attached hydrogen (secondary N) is 2. The third kappa shape index (κ3) is 6.85. The molecule has 0 unspecified atom stereocenters. The van der Waals surface area contributed by atoms with E-state index in [1.807, 2.05) is 35.6 Å². The summed E-state index contributed by atoms with van der Waals surface area (Å²) >= 11 is 1.36. The van der Waals surface area contributed by atoms with Crippen LogP contribution in [0.15, 0.2) is 72.0 Å². The Morgan fingerprint density at radius 2 is 1.81 bits per heavy atom. The Morgan fingerprint density at radius 3 is 2.48 bits per heavy atom. The van der Waals surface area contributed by atoms with Crippen molar-refractivity contribution < 1.29 is 22.8 Å². The lowest BCUT2D eigenvalue weighted by Crippen LogP contribution is -2.40. The van der Waals surface area contributed by atoms with Gasteiger partial charge in [-0.1, -0.05) is 24.3 Å². The van der Waals surface area contributed by atoms with E-state index >= 15 is 0 Å². The van der Waals surface area contributed by atoms with Crippen LogP contribution < -0.4 is 10.6 Å². The van der Waals surface area contributed by atoms with E-state index in [0.717, 1.165) is 9.58 Å². The van der Waals surface area contributed by atoms with Gasteiger partial charge in [-0.25, -0.2) is 0 Å². The number of carbonyl (C=O) groups excluding carboxylic acids is 2. The van der Waals surface area contributed by atoms with Crippen LogP contribution in [0.5, 0.6) is 0 Å². The zero-order valence-electron chi connectivity index (χ0n) is 16.0. The van der Waals surface area contributed by atoms with E-state index in [0.29, 0.717) is 5.69 Å². The number of benzene rings is 1. The van der Waals surface area contributed by atoms with Gasteiger partial charge in [-0.2, -0.15) is 18.3 Å². The molecule has 2 N–H and O–H groups in total. The maximum absolute atomic E-state index is 13.3. The second-order valence-electron chi connectivity index (χ2n) is 6.37. The van der Waals surface area contributed by atoms with E-state index in [1.165, 1.54) is 48.6 Å². The van der Waals surface area contributed by atoms with Crippen LogP contribution in [0.2, 0.25) is 0 Å². The van der Waals surface area contributed by atoms with Gasteiger partial charge in [0.05, 0.1) is 23.3 Å². The molecule has 0 bridgehead atoms. The van der Waals surface area contributed by atoms with E-state index in [9.17, 15) is 22.8 Å². The first-order valence-corrected chi connectivity index (χ1v) is 10.1. The summed E-state index contributed by atoms with van der Waals surface area (Å²) in [4.78, 5) is 28.8. The Kier molecular flexibility index (Phi) is 7.29. The van der Waals surface area contributed by atoms with Gasteiger partial charge in [0.1, 0.15) is 6.54 Å². The minimum atomic E-state index is -4.70. The number of halogens is 3. The molecule has 1 aromatic carbocycles. The first-order chi connectivity index (χ1) is 14.8. The van der Waals surface area contributed by atoms with Gasteiger partial charge in [-0.3, -0.25) is 19.3 Å². The number of anilines is 1. The lowest BCUT2D eigenvalue weighted by atomic mass is 10.2. The lowest BCUT2D eigenvalue weighted by Gasteiger charge is -2.21. The molecule has 7 nitrogen and oxygen atoms in total. The van der Waals surface area contributed by atoms with Crippen LogP contribution >= 0.6 is 11.8 Å². The number of alkyl halides is 3. The van der Waals surface area contributed by atoms with E-state index in [4.69, 9.17) is 0 Å². The average Bonchev–Trinajstić information content (AvgIpc) is 3.17. The van der Waals surface area contributed by atoms with Gasteiger partial charge in [-0.15, -0.1) is 11.8 Å². The van der Waals surface area contributed by atoms with Crippen molar-refractivity contribution in [3.05, 3.63) is 72.8 Å². The number of nitrogens with zero attached hydrogens (tertiary/aromatic N) is 3. The van der Waals surface area contributed by atoms with Crippen molar-refractivity contribution in [1.82, 2.24) is 20.1 Å². The Balaban J connectivity index is 1.53. The van der Waals surface area contributed by atoms with Crippen LogP contribution in [0.3, 0.4) is 0 Å². The quantitative estimate of drug-likeness (QED) is 0.515. The third-order valence-corrected chi connectivity index (χ3v) is 4.96. The summed E-state index contributed by atoms with van der Waals surface area (Å²) in [6.45, 7) is -0.450. The highest BCUT2D eigenvalue weighted by molar-refractivity contribution is 8.00. The molecule has 2 aromatic heterocycles. The number of hydrogen-bond donors (Lipinski definition) is 2. The predicted molar refractivity (Wildman–Crippen MR) is 109 cm³/mol. The molecule has 1 atom stereocenters. The van der Waals surface area contributed by atoms with E-state index in [2.05, 4.69) is 15.4 Å². The number of carbonyl (C=O) groups is 2. The Bertz CT molecular complexity index is 1010. The number of amides is 2. The summed E-state index contributed by atoms with van der Waals surface area (Å²) in [7, 11) is 0. The monoisotopic (exact) mass is 449 g/mol. The minimum Gasteiger partial charge on any atom is -0.338 e. The van der Waals surface area contributed by atoms with E-state index < -0.39 is 24.7 Å². The lowest BCUT2D eigenvalue weighted by molar-refractivity contribution is -0.164. The zero-order valence-corrected chi connectivity index (χ0v) is 16.9. The molecule has 2 amide bonds. The molecule has 2 heterocycles. The maximum atomic E-state index is 13.3. The van der Waals surface area contributed by atoms with Crippen molar-refractivity contribution in [2.24, 2.45) is 0 Å². The summed E-state index contributed by atoms with van der Waals surface area (Å²) in [5.41, 5.74) is 0.0243. The highest BCUT2D eigenvalue weighted by Gasteiger charge is 2.42. The number of pyridine rings is 1. The fraction of sp³-hybridized carbons (Fsp3) is 0.200. The molecule has 31 heavy (non-hydrogen) atoms. The molecular formula is C20H18F3N5O2S. The minimum absolute atomic E-state index is 0.174. The summed E-state index contributed by atoms with van der Waals surface area (Å²) in [5.74, 6) is -0.994. The van der Waals surface area contributed by atoms with Crippen LogP contribution in [-0.4, -0.2) is 38.5 Å². The van der Waals surface area contributed by atoms with Crippen molar-refractivity contribution in [3.8, 4) is 0 Å². The molecule has 11 heteroatoms. The van der Waals surface area contributed by atoms with Crippen molar-refractivity contribution in [3.63, 3.8) is 0 Å². The van der Waals surface area contributed by atoms with Gasteiger partial charge in [0.25, 0.3) is 0 Å². The fourth-order valence-corrected chi connectivity index (χ4v) is 3.32. The molecule has 0 aliphatic carbocycles. The van der Waals surface area contributed by atoms with Crippen LogP contribution in [0, 0.1) is 0 Å². The molecule has 0 saturated heterocycles. The van der Waals surface area contributed by atoms with Crippen molar-refractivity contribution in [2.75, 3.05) is 11.1 Å². The summed E-state index contributed by atoms with van der Waals surface area (Å²) in [6, 6.07) is 11.2. The SMILES string of the molecule is O=C(CSc1ccccc1)Nc1cnn(CC(=O)N[C@H](c2ccccn2)C(F)(F)F)c1. The predicted octanol–water partition coefficient (Wildman–Crippen LogP) is 3.43. The first kappa shape index (κ1) is 22.3. The normalized spacial score (nSPS) is 12.2. The number of aromatic nitrogens is 3. The third-order valence-electron chi connectivity index (χ3n) is 3.95. The number of hydrogen-bond acceptors (Lipinski definition) is 5. The molecule has 0 saturated carbocycles. The van der Waals surface area contributed by atoms with Crippen molar-refractivity contribution >= 4 is 29.3 Å². The summed E-state index contributed by atoms with van der Waals surface area (Å²) < 4.78 is 41.1. The van der Waals surface area contributed by atoms with Crippen LogP contribution in [-0.2, 0) is 16.1 Å². The standard InChI is InChI=1S/C20H18F3N5O2S/c21-20(22,23)19(16-8-4-5-9-24-16)27-17(29)12-28-11-14(10-25-28)26-18(30)13-31-15-6-2-1-3-7-15/h1-11,19H,12-13H2,(H,26,30)(H,27,29)/t19-/m1/s1. The number of rotatable bonds is 8. The zero-order chi connectivity index (χ0) is 22.3. The molecule has 0 aliphatic rings. The molecule has 3 rings (SSSR count). The highest BCUT2D eigenvalue weighted by atomic mass is 32.2. The van der Waals surface area contributed by atoms with Gasteiger partial charge in [-0.05, 0) is 24.3 Å². The molecule has 3 aromatic rings. The van der Waals surface area contributed by atoms with Gasteiger partial charge in [0.15, 0.2) is 6.04 Å².